The fourth-order valence-electron chi connectivity index (χ4n) is 6.34. The summed E-state index contributed by atoms with van der Waals surface area (Å²) in [5, 5.41) is 0. The molecule has 0 radical (unpaired) electrons. The number of anilines is 1. The van der Waals surface area contributed by atoms with E-state index in [0.717, 1.165) is 36.1 Å². The van der Waals surface area contributed by atoms with Gasteiger partial charge in [0.1, 0.15) is 5.82 Å². The summed E-state index contributed by atoms with van der Waals surface area (Å²) in [5.74, 6) is -2.27. The summed E-state index contributed by atoms with van der Waals surface area (Å²) in [7, 11) is 1.72. The number of piperidine rings is 1. The van der Waals surface area contributed by atoms with E-state index >= 15 is 4.39 Å². The van der Waals surface area contributed by atoms with Gasteiger partial charge in [0.2, 0.25) is 11.8 Å². The molecule has 206 valence electrons. The molecule has 2 aromatic carbocycles. The van der Waals surface area contributed by atoms with E-state index in [-0.39, 0.29) is 48.2 Å². The number of ether oxygens (including phenoxy) is 1. The van der Waals surface area contributed by atoms with Gasteiger partial charge in [0.05, 0.1) is 18.6 Å². The number of nitrogens with two attached hydrogens (primary N) is 1. The van der Waals surface area contributed by atoms with Gasteiger partial charge < -0.3 is 15.4 Å². The minimum atomic E-state index is -0.903. The summed E-state index contributed by atoms with van der Waals surface area (Å²) in [5.41, 5.74) is 9.10. The molecule has 8 nitrogen and oxygen atoms in total. The topological polar surface area (TPSA) is 110 Å². The van der Waals surface area contributed by atoms with Gasteiger partial charge in [0, 0.05) is 31.1 Å². The fraction of sp³-hybridized carbons (Fsp3) is 0.467. The first kappa shape index (κ1) is 26.8. The van der Waals surface area contributed by atoms with Crippen LogP contribution in [0.4, 0.5) is 14.9 Å². The van der Waals surface area contributed by atoms with Gasteiger partial charge in [-0.1, -0.05) is 24.3 Å². The highest BCUT2D eigenvalue weighted by Crippen LogP contribution is 2.44. The molecule has 1 aliphatic carbocycles. The first-order chi connectivity index (χ1) is 18.5. The molecule has 39 heavy (non-hydrogen) atoms. The molecule has 4 atom stereocenters. The summed E-state index contributed by atoms with van der Waals surface area (Å²) >= 11 is 0. The predicted molar refractivity (Wildman–Crippen MR) is 143 cm³/mol. The van der Waals surface area contributed by atoms with Crippen molar-refractivity contribution in [1.82, 2.24) is 4.90 Å². The number of hydrogen-bond donors (Lipinski definition) is 1. The second kappa shape index (κ2) is 10.4. The molecule has 5 rings (SSSR count). The second-order valence-electron chi connectivity index (χ2n) is 11.3. The average Bonchev–Trinajstić information content (AvgIpc) is 3.57. The molecule has 1 saturated carbocycles. The molecule has 3 amide bonds. The quantitative estimate of drug-likeness (QED) is 0.549. The number of ketones is 1. The van der Waals surface area contributed by atoms with Crippen molar-refractivity contribution >= 4 is 29.4 Å². The van der Waals surface area contributed by atoms with Crippen LogP contribution in [0.15, 0.2) is 36.4 Å². The zero-order valence-corrected chi connectivity index (χ0v) is 22.5. The number of likely N-dealkylation sites (N-methyl/N-ethyl adjacent to an activating group) is 1. The number of likely N-dealkylation sites (tertiary alicyclic amines) is 1. The van der Waals surface area contributed by atoms with Gasteiger partial charge in [-0.3, -0.25) is 19.3 Å². The van der Waals surface area contributed by atoms with E-state index in [1.165, 1.54) is 6.07 Å². The van der Waals surface area contributed by atoms with Gasteiger partial charge in [0.15, 0.2) is 5.78 Å². The largest absolute Gasteiger partial charge is 0.447 e. The van der Waals surface area contributed by atoms with Crippen LogP contribution in [-0.2, 0) is 32.0 Å². The zero-order chi connectivity index (χ0) is 28.0. The third-order valence-corrected chi connectivity index (χ3v) is 8.33. The van der Waals surface area contributed by atoms with E-state index < -0.39 is 29.8 Å². The minimum Gasteiger partial charge on any atom is -0.447 e. The predicted octanol–water partition coefficient (Wildman–Crippen LogP) is 4.01. The molecule has 2 fully saturated rings. The van der Waals surface area contributed by atoms with Crippen molar-refractivity contribution in [2.45, 2.75) is 70.6 Å². The van der Waals surface area contributed by atoms with Crippen LogP contribution in [-0.4, -0.2) is 53.8 Å². The highest BCUT2D eigenvalue weighted by Gasteiger charge is 2.52. The molecule has 1 saturated heterocycles. The maximum Gasteiger partial charge on any atom is 0.410 e. The molecule has 0 spiro atoms. The molecule has 9 heteroatoms. The Bertz CT molecular complexity index is 1340. The molecule has 3 aliphatic rings. The number of fused-ring (bicyclic) bond motifs is 3. The van der Waals surface area contributed by atoms with Crippen LogP contribution in [0.2, 0.25) is 0 Å². The lowest BCUT2D eigenvalue weighted by molar-refractivity contribution is -0.130. The second-order valence-corrected chi connectivity index (χ2v) is 11.3. The summed E-state index contributed by atoms with van der Waals surface area (Å²) in [6.07, 6.45) is 1.77. The fourth-order valence-corrected chi connectivity index (χ4v) is 6.34. The SMILES string of the molecule is CC(C)OC(=O)N1[C@@H]2CC[C@@H](C2)[C@H]1C(=O)C[C@@H](Cc1ccc(-c2ccc3c(c2)N(C)C(=O)C3)cc1F)C(N)=O. The first-order valence-corrected chi connectivity index (χ1v) is 13.5. The Morgan fingerprint density at radius 1 is 1.10 bits per heavy atom. The molecule has 2 aromatic rings. The van der Waals surface area contributed by atoms with Crippen LogP contribution >= 0.6 is 0 Å². The lowest BCUT2D eigenvalue weighted by Gasteiger charge is -2.34. The molecule has 0 aromatic heterocycles. The minimum absolute atomic E-state index is 0.0149. The molecule has 2 aliphatic heterocycles. The standard InChI is InChI=1S/C30H34FN3O5/c1-16(2)39-30(38)34-23-9-8-21(11-23)28(34)26(35)14-22(29(32)37)10-19-6-4-17(12-24(19)31)18-5-7-20-15-27(36)33(3)25(20)13-18/h4-7,12-13,16,21-23,28H,8-11,14-15H2,1-3H3,(H2,32,37)/t21-,22+,23+,28-/m0/s1. The van der Waals surface area contributed by atoms with Crippen molar-refractivity contribution in [3.05, 3.63) is 53.3 Å². The van der Waals surface area contributed by atoms with Crippen LogP contribution in [0.1, 0.15) is 50.7 Å². The number of Topliss-reactive ketones (excluding diaryl/α,β-unsaturated/α-hetero) is 1. The van der Waals surface area contributed by atoms with E-state index in [2.05, 4.69) is 0 Å². The van der Waals surface area contributed by atoms with Crippen molar-refractivity contribution in [2.75, 3.05) is 11.9 Å². The van der Waals surface area contributed by atoms with Crippen LogP contribution in [0, 0.1) is 17.7 Å². The van der Waals surface area contributed by atoms with Gasteiger partial charge in [-0.05, 0) is 79.8 Å². The number of rotatable bonds is 8. The molecular weight excluding hydrogens is 501 g/mol. The Morgan fingerprint density at radius 3 is 2.51 bits per heavy atom. The van der Waals surface area contributed by atoms with Crippen molar-refractivity contribution in [3.63, 3.8) is 0 Å². The number of carbonyl (C=O) groups is 4. The molecule has 2 heterocycles. The smallest absolute Gasteiger partial charge is 0.410 e. The summed E-state index contributed by atoms with van der Waals surface area (Å²) in [6, 6.07) is 9.68. The average molecular weight is 536 g/mol. The third-order valence-electron chi connectivity index (χ3n) is 8.33. The third kappa shape index (κ3) is 5.14. The summed E-state index contributed by atoms with van der Waals surface area (Å²) in [4.78, 5) is 53.7. The van der Waals surface area contributed by atoms with Gasteiger partial charge in [-0.2, -0.15) is 0 Å². The van der Waals surface area contributed by atoms with Crippen LogP contribution in [0.5, 0.6) is 0 Å². The highest BCUT2D eigenvalue weighted by molar-refractivity contribution is 6.01. The van der Waals surface area contributed by atoms with Gasteiger partial charge in [-0.15, -0.1) is 0 Å². The number of carbonyl (C=O) groups excluding carboxylic acids is 4. The Morgan fingerprint density at radius 2 is 1.82 bits per heavy atom. The molecule has 2 bridgehead atoms. The van der Waals surface area contributed by atoms with E-state index in [9.17, 15) is 19.2 Å². The maximum absolute atomic E-state index is 15.3. The van der Waals surface area contributed by atoms with E-state index in [0.29, 0.717) is 12.0 Å². The lowest BCUT2D eigenvalue weighted by atomic mass is 9.86. The summed E-state index contributed by atoms with van der Waals surface area (Å²) < 4.78 is 20.6. The van der Waals surface area contributed by atoms with Crippen LogP contribution in [0.3, 0.4) is 0 Å². The van der Waals surface area contributed by atoms with Crippen molar-refractivity contribution < 1.29 is 28.3 Å². The molecule has 2 N–H and O–H groups in total. The van der Waals surface area contributed by atoms with E-state index in [4.69, 9.17) is 10.5 Å². The normalized spacial score (nSPS) is 22.4. The monoisotopic (exact) mass is 535 g/mol. The Labute approximate surface area is 227 Å². The molecule has 0 unspecified atom stereocenters. The summed E-state index contributed by atoms with van der Waals surface area (Å²) in [6.45, 7) is 3.52. The maximum atomic E-state index is 15.3. The Kier molecular flexibility index (Phi) is 7.18. The lowest BCUT2D eigenvalue weighted by Crippen LogP contribution is -2.50. The molecular formula is C30H34FN3O5. The number of benzene rings is 2. The first-order valence-electron chi connectivity index (χ1n) is 13.5. The van der Waals surface area contributed by atoms with Crippen molar-refractivity contribution in [3.8, 4) is 11.1 Å². The van der Waals surface area contributed by atoms with E-state index in [1.54, 1.807) is 42.8 Å². The number of halogens is 1. The van der Waals surface area contributed by atoms with Gasteiger partial charge >= 0.3 is 6.09 Å². The van der Waals surface area contributed by atoms with Crippen LogP contribution < -0.4 is 10.6 Å². The number of primary amides is 1. The Hall–Kier alpha value is -3.75. The van der Waals surface area contributed by atoms with Crippen molar-refractivity contribution in [1.29, 1.82) is 0 Å². The van der Waals surface area contributed by atoms with E-state index in [1.807, 2.05) is 18.2 Å². The van der Waals surface area contributed by atoms with Crippen LogP contribution in [0.25, 0.3) is 11.1 Å². The number of hydrogen-bond acceptors (Lipinski definition) is 5. The Balaban J connectivity index is 1.31. The van der Waals surface area contributed by atoms with Crippen molar-refractivity contribution in [2.24, 2.45) is 17.6 Å². The number of amides is 3. The van der Waals surface area contributed by atoms with Gasteiger partial charge in [0.25, 0.3) is 0 Å². The highest BCUT2D eigenvalue weighted by atomic mass is 19.1. The number of nitrogens with zero attached hydrogens (tertiary/aromatic N) is 2. The van der Waals surface area contributed by atoms with Gasteiger partial charge in [-0.25, -0.2) is 9.18 Å². The zero-order valence-electron chi connectivity index (χ0n) is 22.5.